The van der Waals surface area contributed by atoms with E-state index in [1.165, 1.54) is 23.0 Å². The lowest BCUT2D eigenvalue weighted by atomic mass is 9.94. The lowest BCUT2D eigenvalue weighted by Crippen LogP contribution is -2.40. The Kier molecular flexibility index (Phi) is 10.5. The van der Waals surface area contributed by atoms with Gasteiger partial charge in [0.25, 0.3) is 5.56 Å². The second-order valence-corrected chi connectivity index (χ2v) is 11.2. The van der Waals surface area contributed by atoms with E-state index < -0.39 is 24.6 Å². The van der Waals surface area contributed by atoms with E-state index in [1.54, 1.807) is 57.2 Å². The normalized spacial score (nSPS) is 14.6. The summed E-state index contributed by atoms with van der Waals surface area (Å²) in [6.45, 7) is 7.35. The number of para-hydroxylation sites is 1. The minimum absolute atomic E-state index is 0.149. The van der Waals surface area contributed by atoms with Crippen molar-refractivity contribution < 1.29 is 38.4 Å². The van der Waals surface area contributed by atoms with Crippen LogP contribution in [0.5, 0.6) is 23.0 Å². The molecular formula is C30H31IN2O9S. The van der Waals surface area contributed by atoms with Crippen molar-refractivity contribution in [3.8, 4) is 23.0 Å². The number of rotatable bonds is 12. The number of carbonyl (C=O) groups is 2. The molecule has 2 aromatic carbocycles. The van der Waals surface area contributed by atoms with Crippen LogP contribution >= 0.6 is 33.9 Å². The van der Waals surface area contributed by atoms with Gasteiger partial charge >= 0.3 is 11.9 Å². The highest BCUT2D eigenvalue weighted by atomic mass is 127. The molecule has 0 bridgehead atoms. The molecule has 11 nitrogen and oxygen atoms in total. The van der Waals surface area contributed by atoms with Crippen LogP contribution in [-0.4, -0.2) is 55.1 Å². The summed E-state index contributed by atoms with van der Waals surface area (Å²) in [6.07, 6.45) is 1.70. The monoisotopic (exact) mass is 722 g/mol. The van der Waals surface area contributed by atoms with Gasteiger partial charge in [-0.1, -0.05) is 23.5 Å². The van der Waals surface area contributed by atoms with Gasteiger partial charge < -0.3 is 28.8 Å². The van der Waals surface area contributed by atoms with Crippen LogP contribution in [0.15, 0.2) is 51.4 Å². The first-order valence-corrected chi connectivity index (χ1v) is 15.3. The van der Waals surface area contributed by atoms with Gasteiger partial charge in [-0.05, 0) is 80.1 Å². The van der Waals surface area contributed by atoms with E-state index in [4.69, 9.17) is 28.8 Å². The third kappa shape index (κ3) is 6.72. The first-order valence-electron chi connectivity index (χ1n) is 13.4. The molecule has 2 heterocycles. The molecule has 228 valence electrons. The summed E-state index contributed by atoms with van der Waals surface area (Å²) in [6, 6.07) is 7.87. The molecule has 0 amide bonds. The minimum atomic E-state index is -1.11. The first-order chi connectivity index (χ1) is 20.6. The fourth-order valence-corrected chi connectivity index (χ4v) is 6.48. The average molecular weight is 723 g/mol. The van der Waals surface area contributed by atoms with Crippen molar-refractivity contribution in [1.29, 1.82) is 0 Å². The molecule has 0 unspecified atom stereocenters. The summed E-state index contributed by atoms with van der Waals surface area (Å²) in [7, 11) is 1.52. The number of aromatic nitrogens is 1. The zero-order valence-corrected chi connectivity index (χ0v) is 27.2. The number of aliphatic carboxylic acids is 1. The molecule has 1 aliphatic heterocycles. The van der Waals surface area contributed by atoms with Crippen molar-refractivity contribution in [2.45, 2.75) is 33.7 Å². The predicted molar refractivity (Wildman–Crippen MR) is 168 cm³/mol. The van der Waals surface area contributed by atoms with Crippen LogP contribution in [0.25, 0.3) is 6.08 Å². The van der Waals surface area contributed by atoms with Gasteiger partial charge in [-0.2, -0.15) is 0 Å². The van der Waals surface area contributed by atoms with Gasteiger partial charge in [0, 0.05) is 5.56 Å². The summed E-state index contributed by atoms with van der Waals surface area (Å²) < 4.78 is 30.6. The number of benzene rings is 2. The molecule has 43 heavy (non-hydrogen) atoms. The van der Waals surface area contributed by atoms with Crippen LogP contribution in [0.1, 0.15) is 44.9 Å². The van der Waals surface area contributed by atoms with E-state index in [-0.39, 0.29) is 17.7 Å². The Labute approximate surface area is 265 Å². The molecule has 0 saturated heterocycles. The van der Waals surface area contributed by atoms with Gasteiger partial charge in [0.15, 0.2) is 34.4 Å². The SMILES string of the molecule is CCOC(=O)C1=C(C)N=c2s/c(=C/c3cc(I)c(OCC(=O)O)c(OCC)c3)c(=O)n2[C@@H]1c1cccc(OC)c1OCC. The number of methoxy groups -OCH3 is 1. The summed E-state index contributed by atoms with van der Waals surface area (Å²) in [5.41, 5.74) is 1.47. The number of carboxylic acid groups (broad SMARTS) is 1. The van der Waals surface area contributed by atoms with Gasteiger partial charge in [0.2, 0.25) is 0 Å². The molecule has 4 rings (SSSR count). The fourth-order valence-electron chi connectivity index (χ4n) is 4.65. The molecule has 13 heteroatoms. The van der Waals surface area contributed by atoms with E-state index in [2.05, 4.69) is 4.99 Å². The maximum atomic E-state index is 14.1. The van der Waals surface area contributed by atoms with E-state index in [0.717, 1.165) is 0 Å². The Morgan fingerprint density at radius 3 is 2.47 bits per heavy atom. The van der Waals surface area contributed by atoms with Crippen LogP contribution < -0.4 is 33.8 Å². The molecular weight excluding hydrogens is 691 g/mol. The highest BCUT2D eigenvalue weighted by molar-refractivity contribution is 14.1. The number of hydrogen-bond acceptors (Lipinski definition) is 10. The standard InChI is InChI=1S/C30H31IN2O9S/c1-6-39-21-13-17(12-19(31)27(21)42-15-23(34)35)14-22-28(36)33-25(18-10-9-11-20(38-5)26(18)40-7-2)24(29(37)41-8-3)16(4)32-30(33)43-22/h9-14,25H,6-8,15H2,1-5H3,(H,34,35)/b22-14+/t25-/m1/s1. The van der Waals surface area contributed by atoms with Crippen LogP contribution in [0.2, 0.25) is 0 Å². The van der Waals surface area contributed by atoms with Gasteiger partial charge in [-0.25, -0.2) is 14.6 Å². The number of fused-ring (bicyclic) bond motifs is 1. The molecule has 0 radical (unpaired) electrons. The van der Waals surface area contributed by atoms with Crippen molar-refractivity contribution in [3.05, 3.63) is 76.0 Å². The smallest absolute Gasteiger partial charge is 0.341 e. The number of carboxylic acids is 1. The number of halogens is 1. The number of carbonyl (C=O) groups excluding carboxylic acids is 1. The predicted octanol–water partition coefficient (Wildman–Crippen LogP) is 3.67. The Morgan fingerprint density at radius 1 is 1.07 bits per heavy atom. The Balaban J connectivity index is 1.95. The average Bonchev–Trinajstić information content (AvgIpc) is 3.26. The second-order valence-electron chi connectivity index (χ2n) is 9.06. The summed E-state index contributed by atoms with van der Waals surface area (Å²) >= 11 is 3.21. The maximum absolute atomic E-state index is 14.1. The Morgan fingerprint density at radius 2 is 1.81 bits per heavy atom. The molecule has 0 aliphatic carbocycles. The molecule has 1 atom stereocenters. The topological polar surface area (TPSA) is 135 Å². The second kappa shape index (κ2) is 14.1. The van der Waals surface area contributed by atoms with Crippen molar-refractivity contribution in [1.82, 2.24) is 4.57 Å². The van der Waals surface area contributed by atoms with Crippen LogP contribution in [0.3, 0.4) is 0 Å². The molecule has 0 fully saturated rings. The van der Waals surface area contributed by atoms with E-state index in [9.17, 15) is 14.4 Å². The molecule has 0 spiro atoms. The van der Waals surface area contributed by atoms with Crippen LogP contribution in [0, 0.1) is 3.57 Å². The largest absolute Gasteiger partial charge is 0.493 e. The highest BCUT2D eigenvalue weighted by Crippen LogP contribution is 2.41. The highest BCUT2D eigenvalue weighted by Gasteiger charge is 2.36. The number of allylic oxidation sites excluding steroid dienone is 1. The van der Waals surface area contributed by atoms with Gasteiger partial charge in [-0.15, -0.1) is 0 Å². The molecule has 1 N–H and O–H groups in total. The van der Waals surface area contributed by atoms with Crippen molar-refractivity contribution >= 4 is 51.9 Å². The van der Waals surface area contributed by atoms with Gasteiger partial charge in [-0.3, -0.25) is 9.36 Å². The van der Waals surface area contributed by atoms with E-state index >= 15 is 0 Å². The maximum Gasteiger partial charge on any atom is 0.341 e. The molecule has 0 saturated carbocycles. The van der Waals surface area contributed by atoms with Crippen LogP contribution in [0.4, 0.5) is 0 Å². The Bertz CT molecular complexity index is 1760. The summed E-state index contributed by atoms with van der Waals surface area (Å²) in [5.74, 6) is -0.162. The first kappa shape index (κ1) is 32.1. The number of esters is 1. The summed E-state index contributed by atoms with van der Waals surface area (Å²) in [4.78, 5) is 43.5. The van der Waals surface area contributed by atoms with E-state index in [1.807, 2.05) is 29.5 Å². The number of nitrogens with zero attached hydrogens (tertiary/aromatic N) is 2. The summed E-state index contributed by atoms with van der Waals surface area (Å²) in [5, 5.41) is 9.06. The molecule has 1 aromatic heterocycles. The lowest BCUT2D eigenvalue weighted by Gasteiger charge is -2.26. The van der Waals surface area contributed by atoms with Crippen LogP contribution in [-0.2, 0) is 14.3 Å². The van der Waals surface area contributed by atoms with E-state index in [0.29, 0.717) is 65.9 Å². The van der Waals surface area contributed by atoms with Gasteiger partial charge in [0.1, 0.15) is 6.04 Å². The van der Waals surface area contributed by atoms with Gasteiger partial charge in [0.05, 0.1) is 46.3 Å². The third-order valence-electron chi connectivity index (χ3n) is 6.30. The number of ether oxygens (including phenoxy) is 5. The third-order valence-corrected chi connectivity index (χ3v) is 8.08. The minimum Gasteiger partial charge on any atom is -0.493 e. The van der Waals surface area contributed by atoms with Crippen molar-refractivity contribution in [3.63, 3.8) is 0 Å². The lowest BCUT2D eigenvalue weighted by molar-refractivity contribution is -0.140. The zero-order chi connectivity index (χ0) is 31.3. The zero-order valence-electron chi connectivity index (χ0n) is 24.3. The van der Waals surface area contributed by atoms with Crippen molar-refractivity contribution in [2.24, 2.45) is 4.99 Å². The molecule has 1 aliphatic rings. The number of hydrogen-bond donors (Lipinski definition) is 1. The quantitative estimate of drug-likeness (QED) is 0.220. The number of thiazole rings is 1. The Hall–Kier alpha value is -3.85. The van der Waals surface area contributed by atoms with Crippen molar-refractivity contribution in [2.75, 3.05) is 33.5 Å². The fraction of sp³-hybridized carbons (Fsp3) is 0.333. The molecule has 3 aromatic rings.